The molecule has 5 rings (SSSR count). The number of rotatable bonds is 5. The monoisotopic (exact) mass is 458 g/mol. The summed E-state index contributed by atoms with van der Waals surface area (Å²) in [5.74, 6) is 1.66. The molecule has 1 aromatic heterocycles. The molecule has 2 aliphatic heterocycles. The van der Waals surface area contributed by atoms with Crippen LogP contribution < -0.4 is 76.2 Å². The van der Waals surface area contributed by atoms with Crippen molar-refractivity contribution in [3.05, 3.63) is 47.5 Å². The minimum Gasteiger partial charge on any atom is -0.550 e. The van der Waals surface area contributed by atoms with Crippen molar-refractivity contribution in [3.8, 4) is 11.5 Å². The number of nitrogens with one attached hydrogen (secondary N) is 1. The van der Waals surface area contributed by atoms with Gasteiger partial charge in [0.1, 0.15) is 0 Å². The molecule has 0 unspecified atom stereocenters. The van der Waals surface area contributed by atoms with Gasteiger partial charge in [-0.1, -0.05) is 23.8 Å². The van der Waals surface area contributed by atoms with Crippen molar-refractivity contribution in [1.29, 1.82) is 0 Å². The fourth-order valence-electron chi connectivity index (χ4n) is 4.18. The number of hydrogen-bond donors (Lipinski definition) is 1. The number of nitrogens with zero attached hydrogens (tertiary/aromatic N) is 3. The maximum Gasteiger partial charge on any atom is 1.00 e. The number of piperidine rings is 1. The van der Waals surface area contributed by atoms with E-state index in [9.17, 15) is 9.90 Å². The van der Waals surface area contributed by atoms with Crippen LogP contribution in [-0.2, 0) is 11.3 Å². The molecule has 2 aromatic carbocycles. The van der Waals surface area contributed by atoms with Crippen LogP contribution in [0.4, 0.5) is 11.6 Å². The van der Waals surface area contributed by atoms with Crippen molar-refractivity contribution in [2.24, 2.45) is 5.92 Å². The molecule has 0 amide bonds. The molecule has 3 heterocycles. The molecule has 0 bridgehead atoms. The molecule has 32 heavy (non-hydrogen) atoms. The van der Waals surface area contributed by atoms with E-state index in [4.69, 9.17) is 9.47 Å². The normalized spacial score (nSPS) is 15.5. The summed E-state index contributed by atoms with van der Waals surface area (Å²) in [6, 6.07) is 12.1. The molecule has 2 aliphatic rings. The number of carboxylic acids is 1. The van der Waals surface area contributed by atoms with Gasteiger partial charge in [-0.3, -0.25) is 0 Å². The number of aryl methyl sites for hydroxylation is 1. The Morgan fingerprint density at radius 1 is 1.09 bits per heavy atom. The third kappa shape index (κ3) is 4.72. The summed E-state index contributed by atoms with van der Waals surface area (Å²) in [6.45, 7) is 4.13. The first-order valence-corrected chi connectivity index (χ1v) is 10.4. The van der Waals surface area contributed by atoms with E-state index in [1.165, 1.54) is 0 Å². The number of carboxylic acid groups (broad SMARTS) is 1. The molecule has 0 atom stereocenters. The zero-order chi connectivity index (χ0) is 21.4. The Morgan fingerprint density at radius 2 is 1.88 bits per heavy atom. The fraction of sp³-hybridized carbons (Fsp3) is 0.348. The van der Waals surface area contributed by atoms with Crippen LogP contribution in [0.15, 0.2) is 36.4 Å². The average Bonchev–Trinajstić information content (AvgIpc) is 3.25. The predicted molar refractivity (Wildman–Crippen MR) is 114 cm³/mol. The number of carbonyl (C=O) groups excluding carboxylic acids is 1. The van der Waals surface area contributed by atoms with Gasteiger partial charge in [0, 0.05) is 42.3 Å². The van der Waals surface area contributed by atoms with Gasteiger partial charge < -0.3 is 29.6 Å². The minimum atomic E-state index is -0.964. The molecule has 1 saturated heterocycles. The third-order valence-corrected chi connectivity index (χ3v) is 5.94. The van der Waals surface area contributed by atoms with Crippen LogP contribution in [0, 0.1) is 12.8 Å². The zero-order valence-corrected chi connectivity index (χ0v) is 21.4. The van der Waals surface area contributed by atoms with E-state index in [-0.39, 0.29) is 64.1 Å². The molecular formula is C23H23KN4O4. The number of hydrogen-bond acceptors (Lipinski definition) is 8. The van der Waals surface area contributed by atoms with Crippen LogP contribution in [0.2, 0.25) is 0 Å². The first kappa shape index (κ1) is 23.3. The maximum absolute atomic E-state index is 11.2. The third-order valence-electron chi connectivity index (χ3n) is 5.94. The van der Waals surface area contributed by atoms with Gasteiger partial charge in [0.15, 0.2) is 23.1 Å². The van der Waals surface area contributed by atoms with Gasteiger partial charge in [-0.2, -0.15) is 0 Å². The summed E-state index contributed by atoms with van der Waals surface area (Å²) in [6.07, 6.45) is 1.11. The Kier molecular flexibility index (Phi) is 7.21. The van der Waals surface area contributed by atoms with E-state index in [1.807, 2.05) is 25.1 Å². The summed E-state index contributed by atoms with van der Waals surface area (Å²) in [7, 11) is 0. The molecule has 0 radical (unpaired) electrons. The van der Waals surface area contributed by atoms with Gasteiger partial charge in [0.05, 0.1) is 0 Å². The van der Waals surface area contributed by atoms with E-state index >= 15 is 0 Å². The van der Waals surface area contributed by atoms with Crippen molar-refractivity contribution in [2.45, 2.75) is 26.3 Å². The largest absolute Gasteiger partial charge is 1.00 e. The Morgan fingerprint density at radius 3 is 2.66 bits per heavy atom. The number of carbonyl (C=O) groups is 1. The minimum absolute atomic E-state index is 0. The zero-order valence-electron chi connectivity index (χ0n) is 18.3. The summed E-state index contributed by atoms with van der Waals surface area (Å²) in [4.78, 5) is 13.3. The van der Waals surface area contributed by atoms with Crippen molar-refractivity contribution in [3.63, 3.8) is 0 Å². The van der Waals surface area contributed by atoms with Gasteiger partial charge >= 0.3 is 51.4 Å². The van der Waals surface area contributed by atoms with Crippen LogP contribution in [0.5, 0.6) is 11.5 Å². The number of aliphatic carboxylic acids is 1. The molecule has 0 spiro atoms. The van der Waals surface area contributed by atoms with E-state index < -0.39 is 5.97 Å². The van der Waals surface area contributed by atoms with Crippen molar-refractivity contribution < 1.29 is 70.8 Å². The molecule has 9 heteroatoms. The van der Waals surface area contributed by atoms with Gasteiger partial charge in [0.2, 0.25) is 6.79 Å². The number of ether oxygens (including phenoxy) is 2. The molecule has 8 nitrogen and oxygen atoms in total. The van der Waals surface area contributed by atoms with Crippen molar-refractivity contribution in [1.82, 2.24) is 10.2 Å². The van der Waals surface area contributed by atoms with Crippen LogP contribution in [-0.4, -0.2) is 36.0 Å². The van der Waals surface area contributed by atoms with Crippen LogP contribution >= 0.6 is 0 Å². The van der Waals surface area contributed by atoms with E-state index in [0.29, 0.717) is 38.3 Å². The second-order valence-electron chi connectivity index (χ2n) is 8.04. The van der Waals surface area contributed by atoms with Gasteiger partial charge in [-0.15, -0.1) is 10.2 Å². The molecule has 160 valence electrons. The number of anilines is 2. The van der Waals surface area contributed by atoms with Crippen LogP contribution in [0.25, 0.3) is 10.8 Å². The Bertz CT molecular complexity index is 1150. The van der Waals surface area contributed by atoms with Crippen molar-refractivity contribution >= 4 is 28.4 Å². The molecule has 0 aliphatic carbocycles. The Balaban J connectivity index is 0.00000245. The van der Waals surface area contributed by atoms with Gasteiger partial charge in [-0.25, -0.2) is 0 Å². The summed E-state index contributed by atoms with van der Waals surface area (Å²) in [5.41, 5.74) is 2.19. The first-order valence-electron chi connectivity index (χ1n) is 10.4. The number of fused-ring (bicyclic) bond motifs is 2. The molecule has 0 saturated carbocycles. The second-order valence-corrected chi connectivity index (χ2v) is 8.04. The first-order chi connectivity index (χ1) is 15.1. The standard InChI is InChI=1S/C23H24N4O4.K/c1-14-2-4-17-18(10-14)21(24-12-15-3-5-19-20(11-15)31-13-30-19)25-26-22(17)27-8-6-16(7-9-27)23(28)29;/h2-5,10-11,16H,6-9,12-13H2,1H3,(H,24,25)(H,28,29);/q;+1/p-1. The summed E-state index contributed by atoms with van der Waals surface area (Å²) < 4.78 is 10.8. The number of aromatic nitrogens is 2. The SMILES string of the molecule is Cc1ccc2c(N3CCC(C(=O)[O-])CC3)nnc(NCc3ccc4c(c3)OCO4)c2c1.[K+]. The molecular weight excluding hydrogens is 435 g/mol. The Hall–Kier alpha value is -1.91. The summed E-state index contributed by atoms with van der Waals surface area (Å²) >= 11 is 0. The van der Waals surface area contributed by atoms with E-state index in [1.54, 1.807) is 0 Å². The summed E-state index contributed by atoms with van der Waals surface area (Å²) in [5, 5.41) is 25.5. The number of benzene rings is 2. The quantitative estimate of drug-likeness (QED) is 0.499. The van der Waals surface area contributed by atoms with E-state index in [2.05, 4.69) is 38.6 Å². The fourth-order valence-corrected chi connectivity index (χ4v) is 4.18. The molecule has 1 fully saturated rings. The van der Waals surface area contributed by atoms with Gasteiger partial charge in [-0.05, 0) is 43.5 Å². The average molecular weight is 459 g/mol. The van der Waals surface area contributed by atoms with E-state index in [0.717, 1.165) is 39.2 Å². The maximum atomic E-state index is 11.2. The smallest absolute Gasteiger partial charge is 0.550 e. The predicted octanol–water partition coefficient (Wildman–Crippen LogP) is -0.751. The molecule has 1 N–H and O–H groups in total. The van der Waals surface area contributed by atoms with Crippen molar-refractivity contribution in [2.75, 3.05) is 30.1 Å². The second kappa shape index (κ2) is 9.92. The van der Waals surface area contributed by atoms with Gasteiger partial charge in [0.25, 0.3) is 0 Å². The molecule has 3 aromatic rings. The Labute approximate surface area is 228 Å². The van der Waals surface area contributed by atoms with Crippen LogP contribution in [0.3, 0.4) is 0 Å². The topological polar surface area (TPSA) is 99.6 Å². The van der Waals surface area contributed by atoms with Crippen LogP contribution in [0.1, 0.15) is 24.0 Å².